The van der Waals surface area contributed by atoms with E-state index in [0.29, 0.717) is 10.3 Å². The van der Waals surface area contributed by atoms with Gasteiger partial charge in [0.05, 0.1) is 5.56 Å². The summed E-state index contributed by atoms with van der Waals surface area (Å²) in [4.78, 5) is 0. The van der Waals surface area contributed by atoms with Crippen LogP contribution in [-0.2, 0) is 0 Å². The van der Waals surface area contributed by atoms with Crippen molar-refractivity contribution in [2.75, 3.05) is 0 Å². The van der Waals surface area contributed by atoms with E-state index in [0.717, 1.165) is 12.3 Å². The standard InChI is InChI=1S/C11H7F2NO/c12-9-3-1-2-8(6-9)11-5-4-10(13)7-14(11)15/h1-7H. The van der Waals surface area contributed by atoms with Crippen LogP contribution in [0.1, 0.15) is 0 Å². The molecule has 0 atom stereocenters. The van der Waals surface area contributed by atoms with Crippen LogP contribution < -0.4 is 4.73 Å². The molecule has 0 N–H and O–H groups in total. The van der Waals surface area contributed by atoms with Crippen LogP contribution >= 0.6 is 0 Å². The molecule has 0 fully saturated rings. The monoisotopic (exact) mass is 207 g/mol. The molecule has 1 heterocycles. The highest BCUT2D eigenvalue weighted by Crippen LogP contribution is 2.16. The summed E-state index contributed by atoms with van der Waals surface area (Å²) in [6.07, 6.45) is 0.806. The van der Waals surface area contributed by atoms with Crippen molar-refractivity contribution in [1.29, 1.82) is 0 Å². The van der Waals surface area contributed by atoms with E-state index in [1.54, 1.807) is 6.07 Å². The van der Waals surface area contributed by atoms with E-state index in [1.165, 1.54) is 24.3 Å². The molecule has 0 saturated carbocycles. The number of hydrogen-bond acceptors (Lipinski definition) is 1. The second-order valence-electron chi connectivity index (χ2n) is 3.07. The molecule has 0 spiro atoms. The Morgan fingerprint density at radius 1 is 1.00 bits per heavy atom. The molecule has 0 aliphatic rings. The van der Waals surface area contributed by atoms with Crippen LogP contribution in [0.5, 0.6) is 0 Å². The molecule has 0 amide bonds. The van der Waals surface area contributed by atoms with Crippen molar-refractivity contribution >= 4 is 0 Å². The summed E-state index contributed by atoms with van der Waals surface area (Å²) < 4.78 is 25.9. The second-order valence-corrected chi connectivity index (χ2v) is 3.07. The first kappa shape index (κ1) is 9.58. The topological polar surface area (TPSA) is 26.9 Å². The highest BCUT2D eigenvalue weighted by atomic mass is 19.1. The summed E-state index contributed by atoms with van der Waals surface area (Å²) in [5, 5.41) is 11.3. The van der Waals surface area contributed by atoms with Crippen molar-refractivity contribution in [3.63, 3.8) is 0 Å². The van der Waals surface area contributed by atoms with Gasteiger partial charge in [-0.15, -0.1) is 0 Å². The zero-order chi connectivity index (χ0) is 10.8. The van der Waals surface area contributed by atoms with E-state index in [2.05, 4.69) is 0 Å². The van der Waals surface area contributed by atoms with Crippen LogP contribution in [0.3, 0.4) is 0 Å². The summed E-state index contributed by atoms with van der Waals surface area (Å²) in [5.74, 6) is -1.05. The number of halogens is 2. The average Bonchev–Trinajstić information content (AvgIpc) is 2.17. The number of hydrogen-bond donors (Lipinski definition) is 0. The number of aromatic nitrogens is 1. The number of benzene rings is 1. The van der Waals surface area contributed by atoms with Crippen LogP contribution in [-0.4, -0.2) is 0 Å². The lowest BCUT2D eigenvalue weighted by molar-refractivity contribution is -0.595. The lowest BCUT2D eigenvalue weighted by Crippen LogP contribution is -2.29. The Morgan fingerprint density at radius 3 is 2.47 bits per heavy atom. The van der Waals surface area contributed by atoms with Gasteiger partial charge in [0.1, 0.15) is 5.82 Å². The quantitative estimate of drug-likeness (QED) is 0.520. The predicted molar refractivity (Wildman–Crippen MR) is 50.8 cm³/mol. The molecule has 15 heavy (non-hydrogen) atoms. The SMILES string of the molecule is [O-][n+]1cc(F)ccc1-c1cccc(F)c1. The zero-order valence-electron chi connectivity index (χ0n) is 7.65. The Morgan fingerprint density at radius 2 is 1.80 bits per heavy atom. The third-order valence-corrected chi connectivity index (χ3v) is 2.00. The maximum Gasteiger partial charge on any atom is 0.224 e. The smallest absolute Gasteiger partial charge is 0.224 e. The molecule has 2 rings (SSSR count). The van der Waals surface area contributed by atoms with E-state index in [4.69, 9.17) is 0 Å². The lowest BCUT2D eigenvalue weighted by Gasteiger charge is -2.03. The molecule has 1 aromatic carbocycles. The fourth-order valence-electron chi connectivity index (χ4n) is 1.33. The highest BCUT2D eigenvalue weighted by Gasteiger charge is 2.09. The van der Waals surface area contributed by atoms with Crippen LogP contribution in [0.4, 0.5) is 8.78 Å². The van der Waals surface area contributed by atoms with E-state index in [-0.39, 0.29) is 5.69 Å². The molecule has 0 aliphatic heterocycles. The minimum absolute atomic E-state index is 0.218. The minimum atomic E-state index is -0.620. The van der Waals surface area contributed by atoms with Gasteiger partial charge < -0.3 is 5.21 Å². The maximum atomic E-state index is 12.9. The van der Waals surface area contributed by atoms with Gasteiger partial charge in [-0.1, -0.05) is 6.07 Å². The number of rotatable bonds is 1. The molecule has 0 unspecified atom stereocenters. The molecule has 0 radical (unpaired) electrons. The summed E-state index contributed by atoms with van der Waals surface area (Å²) in [6.45, 7) is 0. The zero-order valence-corrected chi connectivity index (χ0v) is 7.65. The normalized spacial score (nSPS) is 10.3. The van der Waals surface area contributed by atoms with Gasteiger partial charge in [-0.05, 0) is 24.3 Å². The summed E-state index contributed by atoms with van der Waals surface area (Å²) in [7, 11) is 0. The second kappa shape index (κ2) is 3.65. The molecule has 76 valence electrons. The predicted octanol–water partition coefficient (Wildman–Crippen LogP) is 2.27. The molecule has 0 saturated heterocycles. The first-order chi connectivity index (χ1) is 7.16. The van der Waals surface area contributed by atoms with Gasteiger partial charge >= 0.3 is 0 Å². The molecule has 0 aliphatic carbocycles. The van der Waals surface area contributed by atoms with Gasteiger partial charge in [0.2, 0.25) is 11.9 Å². The molecular weight excluding hydrogens is 200 g/mol. The molecule has 2 nitrogen and oxygen atoms in total. The number of pyridine rings is 1. The van der Waals surface area contributed by atoms with Crippen molar-refractivity contribution in [3.8, 4) is 11.3 Å². The van der Waals surface area contributed by atoms with Crippen molar-refractivity contribution in [3.05, 3.63) is 59.4 Å². The fraction of sp³-hybridized carbons (Fsp3) is 0. The van der Waals surface area contributed by atoms with Gasteiger partial charge in [-0.25, -0.2) is 8.78 Å². The van der Waals surface area contributed by atoms with E-state index in [1.807, 2.05) is 0 Å². The fourth-order valence-corrected chi connectivity index (χ4v) is 1.33. The largest absolute Gasteiger partial charge is 0.618 e. The van der Waals surface area contributed by atoms with E-state index < -0.39 is 11.6 Å². The Bertz CT molecular complexity index is 500. The first-order valence-electron chi connectivity index (χ1n) is 4.31. The van der Waals surface area contributed by atoms with Crippen molar-refractivity contribution in [2.24, 2.45) is 0 Å². The Hall–Kier alpha value is -1.97. The molecular formula is C11H7F2NO. The van der Waals surface area contributed by atoms with Gasteiger partial charge in [-0.3, -0.25) is 0 Å². The van der Waals surface area contributed by atoms with Crippen molar-refractivity contribution < 1.29 is 13.5 Å². The molecule has 4 heteroatoms. The third kappa shape index (κ3) is 1.93. The van der Waals surface area contributed by atoms with Gasteiger partial charge in [0, 0.05) is 6.07 Å². The van der Waals surface area contributed by atoms with Crippen molar-refractivity contribution in [1.82, 2.24) is 0 Å². The Labute approximate surface area is 85.0 Å². The average molecular weight is 207 g/mol. The van der Waals surface area contributed by atoms with Gasteiger partial charge in [0.15, 0.2) is 5.82 Å². The third-order valence-electron chi connectivity index (χ3n) is 2.00. The van der Waals surface area contributed by atoms with E-state index >= 15 is 0 Å². The van der Waals surface area contributed by atoms with Gasteiger partial charge in [-0.2, -0.15) is 4.73 Å². The van der Waals surface area contributed by atoms with Crippen molar-refractivity contribution in [2.45, 2.75) is 0 Å². The number of nitrogens with zero attached hydrogens (tertiary/aromatic N) is 1. The summed E-state index contributed by atoms with van der Waals surface area (Å²) >= 11 is 0. The lowest BCUT2D eigenvalue weighted by atomic mass is 10.1. The van der Waals surface area contributed by atoms with Crippen LogP contribution in [0.25, 0.3) is 11.3 Å². The minimum Gasteiger partial charge on any atom is -0.618 e. The highest BCUT2D eigenvalue weighted by molar-refractivity contribution is 5.55. The Balaban J connectivity index is 2.54. The van der Waals surface area contributed by atoms with Gasteiger partial charge in [0.25, 0.3) is 0 Å². The van der Waals surface area contributed by atoms with Crippen LogP contribution in [0, 0.1) is 16.8 Å². The molecule has 2 aromatic rings. The molecule has 1 aromatic heterocycles. The maximum absolute atomic E-state index is 12.9. The first-order valence-corrected chi connectivity index (χ1v) is 4.31. The summed E-state index contributed by atoms with van der Waals surface area (Å²) in [5.41, 5.74) is 0.640. The molecule has 0 bridgehead atoms. The Kier molecular flexibility index (Phi) is 2.33. The van der Waals surface area contributed by atoms with Crippen LogP contribution in [0.2, 0.25) is 0 Å². The van der Waals surface area contributed by atoms with Crippen LogP contribution in [0.15, 0.2) is 42.6 Å². The van der Waals surface area contributed by atoms with E-state index in [9.17, 15) is 14.0 Å². The summed E-state index contributed by atoms with van der Waals surface area (Å²) in [6, 6.07) is 8.06.